The van der Waals surface area contributed by atoms with Gasteiger partial charge in [-0.1, -0.05) is 11.6 Å². The average Bonchev–Trinajstić information content (AvgIpc) is 2.97. The normalized spacial score (nSPS) is 11.9. The van der Waals surface area contributed by atoms with Gasteiger partial charge >= 0.3 is 0 Å². The van der Waals surface area contributed by atoms with Crippen LogP contribution >= 0.6 is 47.8 Å². The molecule has 22 heavy (non-hydrogen) atoms. The number of hydrogen-bond acceptors (Lipinski definition) is 4. The van der Waals surface area contributed by atoms with Gasteiger partial charge in [-0.05, 0) is 43.4 Å². The molecule has 0 spiro atoms. The van der Waals surface area contributed by atoms with Crippen LogP contribution < -0.4 is 5.32 Å². The van der Waals surface area contributed by atoms with Crippen molar-refractivity contribution in [3.05, 3.63) is 38.8 Å². The highest BCUT2D eigenvalue weighted by molar-refractivity contribution is 7.07. The minimum atomic E-state index is 0. The van der Waals surface area contributed by atoms with Crippen LogP contribution in [0.1, 0.15) is 22.9 Å². The van der Waals surface area contributed by atoms with Crippen molar-refractivity contribution in [3.8, 4) is 0 Å². The van der Waals surface area contributed by atoms with Crippen LogP contribution in [0.15, 0.2) is 16.8 Å². The number of rotatable bonds is 6. The molecular weight excluding hydrogens is 363 g/mol. The summed E-state index contributed by atoms with van der Waals surface area (Å²) in [5.74, 6) is 0. The Morgan fingerprint density at radius 2 is 2.09 bits per heavy atom. The SMILES string of the molecule is Cc1nn(C)c(Cl)c1CNCC(c1ccsc1)N(C)C.Cl.Cl. The molecule has 0 bridgehead atoms. The van der Waals surface area contributed by atoms with Crippen LogP contribution in [-0.4, -0.2) is 35.3 Å². The molecule has 1 atom stereocenters. The topological polar surface area (TPSA) is 33.1 Å². The zero-order chi connectivity index (χ0) is 14.7. The van der Waals surface area contributed by atoms with Gasteiger partial charge in [0, 0.05) is 31.7 Å². The molecule has 0 radical (unpaired) electrons. The average molecular weight is 386 g/mol. The molecule has 8 heteroatoms. The van der Waals surface area contributed by atoms with Crippen LogP contribution in [0, 0.1) is 6.92 Å². The summed E-state index contributed by atoms with van der Waals surface area (Å²) >= 11 is 7.98. The number of aromatic nitrogens is 2. The minimum absolute atomic E-state index is 0. The van der Waals surface area contributed by atoms with Crippen molar-refractivity contribution in [1.82, 2.24) is 20.0 Å². The maximum atomic E-state index is 6.24. The molecule has 0 amide bonds. The molecule has 1 unspecified atom stereocenters. The van der Waals surface area contributed by atoms with Gasteiger partial charge in [0.15, 0.2) is 0 Å². The van der Waals surface area contributed by atoms with Gasteiger partial charge in [0.1, 0.15) is 5.15 Å². The zero-order valence-corrected chi connectivity index (χ0v) is 16.4. The number of nitrogens with one attached hydrogen (secondary N) is 1. The molecule has 0 aliphatic carbocycles. The van der Waals surface area contributed by atoms with Crippen molar-refractivity contribution in [2.45, 2.75) is 19.5 Å². The summed E-state index contributed by atoms with van der Waals surface area (Å²) in [5, 5.41) is 12.9. The maximum Gasteiger partial charge on any atom is 0.131 e. The molecule has 1 N–H and O–H groups in total. The first-order chi connectivity index (χ1) is 9.50. The van der Waals surface area contributed by atoms with E-state index >= 15 is 0 Å². The van der Waals surface area contributed by atoms with E-state index in [1.54, 1.807) is 16.0 Å². The lowest BCUT2D eigenvalue weighted by Gasteiger charge is -2.24. The first kappa shape index (κ1) is 21.7. The monoisotopic (exact) mass is 384 g/mol. The molecule has 0 saturated heterocycles. The largest absolute Gasteiger partial charge is 0.311 e. The number of nitrogens with zero attached hydrogens (tertiary/aromatic N) is 3. The Morgan fingerprint density at radius 3 is 2.55 bits per heavy atom. The molecule has 0 saturated carbocycles. The second-order valence-corrected chi connectivity index (χ2v) is 6.28. The van der Waals surface area contributed by atoms with Crippen LogP contribution in [-0.2, 0) is 13.6 Å². The summed E-state index contributed by atoms with van der Waals surface area (Å²) < 4.78 is 1.72. The highest BCUT2D eigenvalue weighted by Gasteiger charge is 2.15. The molecule has 0 aromatic carbocycles. The van der Waals surface area contributed by atoms with E-state index in [4.69, 9.17) is 11.6 Å². The van der Waals surface area contributed by atoms with Crippen LogP contribution in [0.4, 0.5) is 0 Å². The number of halogens is 3. The fourth-order valence-corrected chi connectivity index (χ4v) is 3.22. The molecule has 0 fully saturated rings. The third-order valence-electron chi connectivity index (χ3n) is 3.46. The molecule has 126 valence electrons. The van der Waals surface area contributed by atoms with E-state index < -0.39 is 0 Å². The van der Waals surface area contributed by atoms with Crippen molar-refractivity contribution in [2.75, 3.05) is 20.6 Å². The van der Waals surface area contributed by atoms with E-state index in [0.29, 0.717) is 11.2 Å². The number of hydrogen-bond donors (Lipinski definition) is 1. The lowest BCUT2D eigenvalue weighted by Crippen LogP contribution is -2.30. The molecule has 4 nitrogen and oxygen atoms in total. The second-order valence-electron chi connectivity index (χ2n) is 5.15. The van der Waals surface area contributed by atoms with Crippen molar-refractivity contribution < 1.29 is 0 Å². The summed E-state index contributed by atoms with van der Waals surface area (Å²) in [7, 11) is 6.07. The first-order valence-electron chi connectivity index (χ1n) is 6.58. The van der Waals surface area contributed by atoms with Gasteiger partial charge in [0.2, 0.25) is 0 Å². The quantitative estimate of drug-likeness (QED) is 0.823. The predicted molar refractivity (Wildman–Crippen MR) is 99.9 cm³/mol. The summed E-state index contributed by atoms with van der Waals surface area (Å²) in [6.07, 6.45) is 0. The van der Waals surface area contributed by atoms with Crippen LogP contribution in [0.5, 0.6) is 0 Å². The standard InChI is InChI=1S/C14H21ClN4S.2ClH/c1-10-12(14(15)19(4)17-10)7-16-8-13(18(2)3)11-5-6-20-9-11;;/h5-6,9,13,16H,7-8H2,1-4H3;2*1H. The molecular formula is C14H23Cl3N4S. The Balaban J connectivity index is 0.00000220. The third-order valence-corrected chi connectivity index (χ3v) is 4.63. The molecule has 0 aliphatic rings. The lowest BCUT2D eigenvalue weighted by atomic mass is 10.1. The van der Waals surface area contributed by atoms with E-state index in [1.807, 2.05) is 14.0 Å². The van der Waals surface area contributed by atoms with Gasteiger partial charge in [0.25, 0.3) is 0 Å². The molecule has 2 aromatic rings. The fourth-order valence-electron chi connectivity index (χ4n) is 2.27. The Morgan fingerprint density at radius 1 is 1.41 bits per heavy atom. The Bertz CT molecular complexity index is 555. The van der Waals surface area contributed by atoms with Crippen LogP contribution in [0.2, 0.25) is 5.15 Å². The van der Waals surface area contributed by atoms with Gasteiger partial charge in [-0.3, -0.25) is 4.68 Å². The van der Waals surface area contributed by atoms with Crippen LogP contribution in [0.3, 0.4) is 0 Å². The minimum Gasteiger partial charge on any atom is -0.311 e. The Labute approximate surface area is 153 Å². The number of aryl methyl sites for hydroxylation is 2. The molecule has 2 heterocycles. The maximum absolute atomic E-state index is 6.24. The van der Waals surface area contributed by atoms with Crippen molar-refractivity contribution in [2.24, 2.45) is 7.05 Å². The lowest BCUT2D eigenvalue weighted by molar-refractivity contribution is 0.289. The molecule has 2 aromatic heterocycles. The van der Waals surface area contributed by atoms with E-state index in [1.165, 1.54) is 5.56 Å². The summed E-state index contributed by atoms with van der Waals surface area (Å²) in [6.45, 7) is 3.62. The predicted octanol–water partition coefficient (Wildman–Crippen LogP) is 3.68. The van der Waals surface area contributed by atoms with Crippen molar-refractivity contribution in [1.29, 1.82) is 0 Å². The van der Waals surface area contributed by atoms with Gasteiger partial charge in [-0.25, -0.2) is 0 Å². The Hall–Kier alpha value is -0.300. The van der Waals surface area contributed by atoms with Gasteiger partial charge < -0.3 is 10.2 Å². The van der Waals surface area contributed by atoms with Crippen molar-refractivity contribution in [3.63, 3.8) is 0 Å². The Kier molecular flexibility index (Phi) is 9.62. The van der Waals surface area contributed by atoms with Gasteiger partial charge in [-0.15, -0.1) is 24.8 Å². The highest BCUT2D eigenvalue weighted by Crippen LogP contribution is 2.21. The highest BCUT2D eigenvalue weighted by atomic mass is 35.5. The first-order valence-corrected chi connectivity index (χ1v) is 7.90. The summed E-state index contributed by atoms with van der Waals surface area (Å²) in [6, 6.07) is 2.55. The van der Waals surface area contributed by atoms with E-state index in [9.17, 15) is 0 Å². The summed E-state index contributed by atoms with van der Waals surface area (Å²) in [4.78, 5) is 2.23. The third kappa shape index (κ3) is 5.11. The van der Waals surface area contributed by atoms with E-state index in [0.717, 1.165) is 24.3 Å². The number of likely N-dealkylation sites (N-methyl/N-ethyl adjacent to an activating group) is 1. The van der Waals surface area contributed by atoms with Crippen LogP contribution in [0.25, 0.3) is 0 Å². The fraction of sp³-hybridized carbons (Fsp3) is 0.500. The molecule has 2 rings (SSSR count). The number of thiophene rings is 1. The van der Waals surface area contributed by atoms with Gasteiger partial charge in [-0.2, -0.15) is 16.4 Å². The smallest absolute Gasteiger partial charge is 0.131 e. The summed E-state index contributed by atoms with van der Waals surface area (Å²) in [5.41, 5.74) is 3.42. The van der Waals surface area contributed by atoms with E-state index in [-0.39, 0.29) is 24.8 Å². The van der Waals surface area contributed by atoms with Crippen molar-refractivity contribution >= 4 is 47.8 Å². The van der Waals surface area contributed by atoms with E-state index in [2.05, 4.69) is 46.2 Å². The van der Waals surface area contributed by atoms with Gasteiger partial charge in [0.05, 0.1) is 5.69 Å². The zero-order valence-electron chi connectivity index (χ0n) is 13.2. The molecule has 0 aliphatic heterocycles. The second kappa shape index (κ2) is 9.75.